The molecule has 32 heavy (non-hydrogen) atoms. The van der Waals surface area contributed by atoms with Crippen LogP contribution in [0.1, 0.15) is 35.7 Å². The number of aromatic nitrogens is 2. The number of nitrogens with zero attached hydrogens (tertiary/aromatic N) is 4. The van der Waals surface area contributed by atoms with Crippen molar-refractivity contribution in [2.75, 3.05) is 39.4 Å². The number of morpholine rings is 1. The zero-order valence-corrected chi connectivity index (χ0v) is 18.9. The molecule has 2 saturated heterocycles. The largest absolute Gasteiger partial charge is 0.467 e. The minimum Gasteiger partial charge on any atom is -0.467 e. The van der Waals surface area contributed by atoms with E-state index in [1.807, 2.05) is 30.5 Å². The van der Waals surface area contributed by atoms with Gasteiger partial charge in [0.25, 0.3) is 0 Å². The Hall–Kier alpha value is -2.68. The average Bonchev–Trinajstić information content (AvgIpc) is 3.57. The molecule has 168 valence electrons. The van der Waals surface area contributed by atoms with E-state index in [-0.39, 0.29) is 12.1 Å². The Morgan fingerprint density at radius 1 is 1.06 bits per heavy atom. The highest BCUT2D eigenvalue weighted by atomic mass is 32.1. The van der Waals surface area contributed by atoms with Gasteiger partial charge in [-0.1, -0.05) is 6.07 Å². The van der Waals surface area contributed by atoms with Crippen molar-refractivity contribution < 1.29 is 9.15 Å². The van der Waals surface area contributed by atoms with Crippen LogP contribution in [0, 0.1) is 0 Å². The van der Waals surface area contributed by atoms with Gasteiger partial charge in [0, 0.05) is 44.3 Å². The SMILES string of the molecule is S=C1N[C@H](c2ccccn2)[C@H](c2cccn2Cc2ccco2)N1CCCN1CCOCC1. The van der Waals surface area contributed by atoms with E-state index in [1.165, 1.54) is 5.69 Å². The van der Waals surface area contributed by atoms with Crippen LogP contribution < -0.4 is 5.32 Å². The smallest absolute Gasteiger partial charge is 0.170 e. The molecule has 1 N–H and O–H groups in total. The predicted octanol–water partition coefficient (Wildman–Crippen LogP) is 3.22. The van der Waals surface area contributed by atoms with Crippen LogP contribution in [-0.2, 0) is 11.3 Å². The number of ether oxygens (including phenoxy) is 1. The van der Waals surface area contributed by atoms with E-state index in [0.29, 0.717) is 6.54 Å². The summed E-state index contributed by atoms with van der Waals surface area (Å²) in [5.74, 6) is 0.934. The topological polar surface area (TPSA) is 58.7 Å². The monoisotopic (exact) mass is 451 g/mol. The minimum absolute atomic E-state index is 0.00247. The maximum Gasteiger partial charge on any atom is 0.170 e. The van der Waals surface area contributed by atoms with Gasteiger partial charge in [-0.3, -0.25) is 9.88 Å². The molecule has 8 heteroatoms. The molecule has 0 unspecified atom stereocenters. The van der Waals surface area contributed by atoms with Crippen molar-refractivity contribution in [1.29, 1.82) is 0 Å². The zero-order valence-electron chi connectivity index (χ0n) is 18.1. The Balaban J connectivity index is 1.39. The molecule has 2 aliphatic rings. The summed E-state index contributed by atoms with van der Waals surface area (Å²) in [5, 5.41) is 4.35. The number of pyridine rings is 1. The summed E-state index contributed by atoms with van der Waals surface area (Å²) in [7, 11) is 0. The normalized spacial score (nSPS) is 21.8. The Morgan fingerprint density at radius 2 is 1.97 bits per heavy atom. The third kappa shape index (κ3) is 4.57. The van der Waals surface area contributed by atoms with Crippen LogP contribution in [0.3, 0.4) is 0 Å². The van der Waals surface area contributed by atoms with Crippen LogP contribution in [-0.4, -0.2) is 63.9 Å². The second kappa shape index (κ2) is 9.85. The molecule has 7 nitrogen and oxygen atoms in total. The van der Waals surface area contributed by atoms with E-state index in [4.69, 9.17) is 21.4 Å². The Morgan fingerprint density at radius 3 is 2.75 bits per heavy atom. The highest BCUT2D eigenvalue weighted by Gasteiger charge is 2.40. The molecular weight excluding hydrogens is 422 g/mol. The fourth-order valence-electron chi connectivity index (χ4n) is 4.67. The van der Waals surface area contributed by atoms with E-state index in [1.54, 1.807) is 6.26 Å². The van der Waals surface area contributed by atoms with Crippen molar-refractivity contribution in [2.45, 2.75) is 25.0 Å². The lowest BCUT2D eigenvalue weighted by Crippen LogP contribution is -2.39. The van der Waals surface area contributed by atoms with Crippen molar-refractivity contribution in [1.82, 2.24) is 24.7 Å². The van der Waals surface area contributed by atoms with Crippen LogP contribution in [0.4, 0.5) is 0 Å². The van der Waals surface area contributed by atoms with Crippen LogP contribution in [0.25, 0.3) is 0 Å². The molecule has 0 aliphatic carbocycles. The summed E-state index contributed by atoms with van der Waals surface area (Å²) in [6.45, 7) is 6.31. The van der Waals surface area contributed by atoms with Gasteiger partial charge in [-0.15, -0.1) is 0 Å². The predicted molar refractivity (Wildman–Crippen MR) is 126 cm³/mol. The molecule has 2 fully saturated rings. The standard InChI is InChI=1S/C24H29N5O2S/c32-24-26-22(20-7-1-2-9-25-20)23(29(24)12-5-10-27-13-16-30-17-14-27)21-8-3-11-28(21)18-19-6-4-15-31-19/h1-4,6-9,11,15,22-23H,5,10,12-14,16-18H2,(H,26,32)/t22-,23+/m1/s1. The third-order valence-electron chi connectivity index (χ3n) is 6.25. The van der Waals surface area contributed by atoms with Gasteiger partial charge in [-0.2, -0.15) is 0 Å². The van der Waals surface area contributed by atoms with Crippen molar-refractivity contribution in [3.05, 3.63) is 78.3 Å². The van der Waals surface area contributed by atoms with Crippen molar-refractivity contribution in [3.8, 4) is 0 Å². The van der Waals surface area contributed by atoms with E-state index in [9.17, 15) is 0 Å². The summed E-state index contributed by atoms with van der Waals surface area (Å²) in [6, 6.07) is 14.3. The van der Waals surface area contributed by atoms with Gasteiger partial charge in [0.2, 0.25) is 0 Å². The third-order valence-corrected chi connectivity index (χ3v) is 6.60. The first-order valence-electron chi connectivity index (χ1n) is 11.3. The molecule has 0 radical (unpaired) electrons. The number of furan rings is 1. The van der Waals surface area contributed by atoms with Gasteiger partial charge in [-0.25, -0.2) is 0 Å². The summed E-state index contributed by atoms with van der Waals surface area (Å²) in [6.07, 6.45) is 6.73. The molecule has 3 aromatic heterocycles. The molecule has 3 aromatic rings. The van der Waals surface area contributed by atoms with E-state index < -0.39 is 0 Å². The van der Waals surface area contributed by atoms with Gasteiger partial charge in [0.05, 0.1) is 43.8 Å². The average molecular weight is 452 g/mol. The lowest BCUT2D eigenvalue weighted by atomic mass is 10.0. The lowest BCUT2D eigenvalue weighted by molar-refractivity contribution is 0.0365. The molecule has 5 heterocycles. The number of hydrogen-bond acceptors (Lipinski definition) is 5. The zero-order chi connectivity index (χ0) is 21.8. The molecule has 2 aliphatic heterocycles. The second-order valence-corrected chi connectivity index (χ2v) is 8.65. The molecule has 5 rings (SSSR count). The van der Waals surface area contributed by atoms with Crippen LogP contribution in [0.5, 0.6) is 0 Å². The molecule has 0 spiro atoms. The summed E-state index contributed by atoms with van der Waals surface area (Å²) >= 11 is 5.82. The number of rotatable bonds is 8. The van der Waals surface area contributed by atoms with E-state index >= 15 is 0 Å². The van der Waals surface area contributed by atoms with Gasteiger partial charge in [-0.05, 0) is 55.0 Å². The first-order valence-corrected chi connectivity index (χ1v) is 11.7. The Bertz CT molecular complexity index is 1000. The van der Waals surface area contributed by atoms with Gasteiger partial charge < -0.3 is 23.9 Å². The van der Waals surface area contributed by atoms with Gasteiger partial charge in [0.1, 0.15) is 5.76 Å². The van der Waals surface area contributed by atoms with Crippen molar-refractivity contribution in [3.63, 3.8) is 0 Å². The lowest BCUT2D eigenvalue weighted by Gasteiger charge is -2.31. The van der Waals surface area contributed by atoms with Crippen LogP contribution >= 0.6 is 12.2 Å². The van der Waals surface area contributed by atoms with Crippen molar-refractivity contribution >= 4 is 17.3 Å². The molecule has 2 atom stereocenters. The van der Waals surface area contributed by atoms with Gasteiger partial charge >= 0.3 is 0 Å². The maximum atomic E-state index is 5.82. The van der Waals surface area contributed by atoms with Crippen LogP contribution in [0.15, 0.2) is 65.5 Å². The summed E-state index contributed by atoms with van der Waals surface area (Å²) in [4.78, 5) is 9.46. The Kier molecular flexibility index (Phi) is 6.52. The van der Waals surface area contributed by atoms with Gasteiger partial charge in [0.15, 0.2) is 5.11 Å². The quantitative estimate of drug-likeness (QED) is 0.528. The highest BCUT2D eigenvalue weighted by Crippen LogP contribution is 2.39. The number of hydrogen-bond donors (Lipinski definition) is 1. The Labute approximate surface area is 194 Å². The number of thiocarbonyl (C=S) groups is 1. The highest BCUT2D eigenvalue weighted by molar-refractivity contribution is 7.80. The molecule has 0 bridgehead atoms. The van der Waals surface area contributed by atoms with Crippen LogP contribution in [0.2, 0.25) is 0 Å². The molecule has 0 saturated carbocycles. The van der Waals surface area contributed by atoms with E-state index in [2.05, 4.69) is 49.1 Å². The molecule has 0 aromatic carbocycles. The molecule has 0 amide bonds. The summed E-state index contributed by atoms with van der Waals surface area (Å²) in [5.41, 5.74) is 2.21. The minimum atomic E-state index is -0.00247. The van der Waals surface area contributed by atoms with E-state index in [0.717, 1.165) is 62.4 Å². The first-order chi connectivity index (χ1) is 15.8. The van der Waals surface area contributed by atoms with Crippen molar-refractivity contribution in [2.24, 2.45) is 0 Å². The maximum absolute atomic E-state index is 5.82. The first kappa shape index (κ1) is 21.2. The summed E-state index contributed by atoms with van der Waals surface area (Å²) < 4.78 is 13.3. The fourth-order valence-corrected chi connectivity index (χ4v) is 5.00. The second-order valence-electron chi connectivity index (χ2n) is 8.27. The molecular formula is C24H29N5O2S. The number of nitrogens with one attached hydrogen (secondary N) is 1. The fraction of sp³-hybridized carbons (Fsp3) is 0.417.